The summed E-state index contributed by atoms with van der Waals surface area (Å²) in [7, 11) is 5.07. The van der Waals surface area contributed by atoms with Crippen LogP contribution in [0.25, 0.3) is 0 Å². The maximum Gasteiger partial charge on any atom is 0.407 e. The smallest absolute Gasteiger partial charge is 0.407 e. The molecule has 0 aromatic heterocycles. The second-order valence-electron chi connectivity index (χ2n) is 11.3. The predicted molar refractivity (Wildman–Crippen MR) is 169 cm³/mol. The Kier molecular flexibility index (Phi) is 16.2. The Bertz CT molecular complexity index is 1150. The first-order valence-corrected chi connectivity index (χ1v) is 15.6. The Morgan fingerprint density at radius 1 is 0.909 bits per heavy atom. The average molecular weight is 615 g/mol. The van der Waals surface area contributed by atoms with Gasteiger partial charge in [-0.2, -0.15) is 0 Å². The first-order chi connectivity index (χ1) is 21.0. The van der Waals surface area contributed by atoms with Gasteiger partial charge in [0, 0.05) is 75.7 Å². The van der Waals surface area contributed by atoms with Crippen molar-refractivity contribution >= 4 is 35.2 Å². The van der Waals surface area contributed by atoms with E-state index < -0.39 is 6.09 Å². The highest BCUT2D eigenvalue weighted by molar-refractivity contribution is 6.10. The quantitative estimate of drug-likeness (QED) is 0.134. The zero-order valence-corrected chi connectivity index (χ0v) is 27.0. The number of nitrogens with zero attached hydrogens (tertiary/aromatic N) is 2. The predicted octanol–water partition coefficient (Wildman–Crippen LogP) is 4.26. The number of amides is 3. The lowest BCUT2D eigenvalue weighted by Gasteiger charge is -2.21. The summed E-state index contributed by atoms with van der Waals surface area (Å²) in [6.45, 7) is 5.19. The molecule has 11 nitrogen and oxygen atoms in total. The summed E-state index contributed by atoms with van der Waals surface area (Å²) >= 11 is 0. The van der Waals surface area contributed by atoms with E-state index >= 15 is 0 Å². The number of allylic oxidation sites excluding steroid dienone is 2. The van der Waals surface area contributed by atoms with Gasteiger partial charge in [0.2, 0.25) is 11.8 Å². The standard InChI is InChI=1S/C33H50N4O7/c1-24(25(2)38)11-8-9-18-35-33(42)44-21-10-20-43-22-19-36(4)30(39)23-31(40)37(5)27-16-14-26(15-17-27)32(41)28-12-6-7-13-29(28)34-3/h14-17,24,34H,6-13,18-23H2,1-5H3,(H,35,42). The van der Waals surface area contributed by atoms with Gasteiger partial charge in [0.15, 0.2) is 5.78 Å². The van der Waals surface area contributed by atoms with Gasteiger partial charge in [-0.05, 0) is 69.7 Å². The molecule has 0 bridgehead atoms. The van der Waals surface area contributed by atoms with Crippen molar-refractivity contribution < 1.29 is 33.4 Å². The Hall–Kier alpha value is -3.73. The molecule has 244 valence electrons. The van der Waals surface area contributed by atoms with Crippen molar-refractivity contribution in [2.24, 2.45) is 5.92 Å². The van der Waals surface area contributed by atoms with Crippen LogP contribution in [0.15, 0.2) is 35.5 Å². The molecule has 1 unspecified atom stereocenters. The highest BCUT2D eigenvalue weighted by atomic mass is 16.5. The van der Waals surface area contributed by atoms with E-state index in [9.17, 15) is 24.0 Å². The molecule has 2 N–H and O–H groups in total. The van der Waals surface area contributed by atoms with E-state index in [0.717, 1.165) is 56.2 Å². The van der Waals surface area contributed by atoms with Gasteiger partial charge < -0.3 is 29.9 Å². The molecule has 0 heterocycles. The fourth-order valence-corrected chi connectivity index (χ4v) is 4.74. The van der Waals surface area contributed by atoms with Crippen LogP contribution in [0.1, 0.15) is 82.0 Å². The lowest BCUT2D eigenvalue weighted by atomic mass is 9.90. The second kappa shape index (κ2) is 19.5. The van der Waals surface area contributed by atoms with Gasteiger partial charge >= 0.3 is 6.09 Å². The fourth-order valence-electron chi connectivity index (χ4n) is 4.74. The highest BCUT2D eigenvalue weighted by Crippen LogP contribution is 2.26. The van der Waals surface area contributed by atoms with E-state index in [4.69, 9.17) is 9.47 Å². The lowest BCUT2D eigenvalue weighted by Crippen LogP contribution is -2.36. The zero-order chi connectivity index (χ0) is 32.5. The normalized spacial score (nSPS) is 13.6. The van der Waals surface area contributed by atoms with Crippen LogP contribution in [-0.2, 0) is 23.9 Å². The molecule has 1 aromatic rings. The third-order valence-electron chi connectivity index (χ3n) is 7.93. The minimum Gasteiger partial charge on any atom is -0.449 e. The molecule has 0 saturated heterocycles. The number of rotatable bonds is 19. The van der Waals surface area contributed by atoms with Crippen LogP contribution in [-0.4, -0.2) is 88.4 Å². The number of likely N-dealkylation sites (N-methyl/N-ethyl adjacent to an activating group) is 1. The zero-order valence-electron chi connectivity index (χ0n) is 27.0. The van der Waals surface area contributed by atoms with Gasteiger partial charge in [0.05, 0.1) is 13.2 Å². The summed E-state index contributed by atoms with van der Waals surface area (Å²) in [4.78, 5) is 64.2. The van der Waals surface area contributed by atoms with Crippen LogP contribution in [0, 0.1) is 5.92 Å². The van der Waals surface area contributed by atoms with E-state index in [-0.39, 0.29) is 42.3 Å². The van der Waals surface area contributed by atoms with Gasteiger partial charge in [0.25, 0.3) is 0 Å². The molecular formula is C33H50N4O7. The Labute approximate surface area is 261 Å². The van der Waals surface area contributed by atoms with Crippen LogP contribution >= 0.6 is 0 Å². The van der Waals surface area contributed by atoms with Crippen molar-refractivity contribution in [1.82, 2.24) is 15.5 Å². The van der Waals surface area contributed by atoms with E-state index in [2.05, 4.69) is 10.6 Å². The van der Waals surface area contributed by atoms with Crippen molar-refractivity contribution in [3.63, 3.8) is 0 Å². The van der Waals surface area contributed by atoms with E-state index in [0.29, 0.717) is 44.0 Å². The van der Waals surface area contributed by atoms with Gasteiger partial charge in [0.1, 0.15) is 12.2 Å². The minimum absolute atomic E-state index is 0.00560. The van der Waals surface area contributed by atoms with Crippen LogP contribution in [0.3, 0.4) is 0 Å². The van der Waals surface area contributed by atoms with Crippen LogP contribution in [0.4, 0.5) is 10.5 Å². The fraction of sp³-hybridized carbons (Fsp3) is 0.606. The number of benzene rings is 1. The maximum atomic E-state index is 13.0. The number of hydrogen-bond acceptors (Lipinski definition) is 8. The molecule has 0 aliphatic heterocycles. The molecule has 44 heavy (non-hydrogen) atoms. The summed E-state index contributed by atoms with van der Waals surface area (Å²) in [6, 6.07) is 6.89. The molecule has 1 aliphatic carbocycles. The molecule has 0 radical (unpaired) electrons. The second-order valence-corrected chi connectivity index (χ2v) is 11.3. The summed E-state index contributed by atoms with van der Waals surface area (Å²) in [5.41, 5.74) is 3.00. The number of carbonyl (C=O) groups excluding carboxylic acids is 5. The number of hydrogen-bond donors (Lipinski definition) is 2. The van der Waals surface area contributed by atoms with Crippen LogP contribution in [0.2, 0.25) is 0 Å². The molecule has 0 saturated carbocycles. The summed E-state index contributed by atoms with van der Waals surface area (Å²) in [5, 5.41) is 5.85. The van der Waals surface area contributed by atoms with Crippen molar-refractivity contribution in [2.75, 3.05) is 59.0 Å². The Morgan fingerprint density at radius 2 is 1.61 bits per heavy atom. The Balaban J connectivity index is 1.61. The first-order valence-electron chi connectivity index (χ1n) is 15.6. The molecule has 2 rings (SSSR count). The van der Waals surface area contributed by atoms with Crippen molar-refractivity contribution in [3.8, 4) is 0 Å². The summed E-state index contributed by atoms with van der Waals surface area (Å²) < 4.78 is 10.7. The van der Waals surface area contributed by atoms with Crippen molar-refractivity contribution in [2.45, 2.75) is 71.6 Å². The summed E-state index contributed by atoms with van der Waals surface area (Å²) in [6.07, 6.45) is 5.92. The number of Topliss-reactive ketones (excluding diaryl/α,β-unsaturated/α-hetero) is 2. The largest absolute Gasteiger partial charge is 0.449 e. The van der Waals surface area contributed by atoms with Gasteiger partial charge in [-0.3, -0.25) is 19.2 Å². The minimum atomic E-state index is -0.478. The molecule has 1 aliphatic rings. The molecule has 1 aromatic carbocycles. The third-order valence-corrected chi connectivity index (χ3v) is 7.93. The van der Waals surface area contributed by atoms with Gasteiger partial charge in [-0.15, -0.1) is 0 Å². The average Bonchev–Trinajstić information content (AvgIpc) is 3.02. The van der Waals surface area contributed by atoms with Crippen molar-refractivity contribution in [1.29, 1.82) is 0 Å². The molecule has 1 atom stereocenters. The SMILES string of the molecule is CNC1=C(C(=O)c2ccc(N(C)C(=O)CC(=O)N(C)CCOCCCOC(=O)NCCCCC(C)C(C)=O)cc2)CCCC1. The van der Waals surface area contributed by atoms with E-state index in [1.807, 2.05) is 14.0 Å². The molecule has 0 spiro atoms. The molecule has 3 amide bonds. The maximum absolute atomic E-state index is 13.0. The number of nitrogens with one attached hydrogen (secondary N) is 2. The molecule has 11 heteroatoms. The number of alkyl carbamates (subject to hydrolysis) is 1. The van der Waals surface area contributed by atoms with Gasteiger partial charge in [-0.1, -0.05) is 13.3 Å². The number of carbonyl (C=O) groups is 5. The highest BCUT2D eigenvalue weighted by Gasteiger charge is 2.21. The van der Waals surface area contributed by atoms with Gasteiger partial charge in [-0.25, -0.2) is 4.79 Å². The van der Waals surface area contributed by atoms with Crippen molar-refractivity contribution in [3.05, 3.63) is 41.1 Å². The number of ketones is 2. The Morgan fingerprint density at radius 3 is 2.30 bits per heavy atom. The van der Waals surface area contributed by atoms with Crippen LogP contribution in [0.5, 0.6) is 0 Å². The topological polar surface area (TPSA) is 134 Å². The summed E-state index contributed by atoms with van der Waals surface area (Å²) in [5.74, 6) is -0.437. The van der Waals surface area contributed by atoms with E-state index in [1.165, 1.54) is 9.80 Å². The monoisotopic (exact) mass is 614 g/mol. The molecule has 0 fully saturated rings. The number of unbranched alkanes of at least 4 members (excludes halogenated alkanes) is 1. The lowest BCUT2D eigenvalue weighted by molar-refractivity contribution is -0.134. The van der Waals surface area contributed by atoms with E-state index in [1.54, 1.807) is 45.3 Å². The first kappa shape index (κ1) is 36.5. The molecular weight excluding hydrogens is 564 g/mol. The number of ether oxygens (including phenoxy) is 2. The number of anilines is 1. The third kappa shape index (κ3) is 12.5. The van der Waals surface area contributed by atoms with Crippen LogP contribution < -0.4 is 15.5 Å².